The third-order valence-electron chi connectivity index (χ3n) is 2.74. The van der Waals surface area contributed by atoms with Gasteiger partial charge in [-0.25, -0.2) is 0 Å². The fourth-order valence-corrected chi connectivity index (χ4v) is 2.40. The average molecular weight is 360 g/mol. The molecule has 0 spiro atoms. The van der Waals surface area contributed by atoms with Gasteiger partial charge in [-0.15, -0.1) is 0 Å². The van der Waals surface area contributed by atoms with Crippen molar-refractivity contribution in [2.45, 2.75) is 39.7 Å². The minimum Gasteiger partial charge on any atom is -0.399 e. The molecule has 0 aliphatic heterocycles. The minimum absolute atomic E-state index is 0.0449. The fraction of sp³-hybridized carbons (Fsp3) is 0.500. The van der Waals surface area contributed by atoms with E-state index in [2.05, 4.69) is 41.8 Å². The summed E-state index contributed by atoms with van der Waals surface area (Å²) in [4.78, 5) is 12.0. The largest absolute Gasteiger partial charge is 0.399 e. The topological polar surface area (TPSA) is 55.1 Å². The molecule has 0 saturated heterocycles. The molecule has 1 atom stereocenters. The molecule has 100 valence electrons. The molecule has 1 unspecified atom stereocenters. The summed E-state index contributed by atoms with van der Waals surface area (Å²) < 4.78 is 0.979. The first-order valence-electron chi connectivity index (χ1n) is 6.25. The Morgan fingerprint density at radius 2 is 1.94 bits per heavy atom. The van der Waals surface area contributed by atoms with Crippen LogP contribution in [-0.2, 0) is 0 Å². The number of halogens is 1. The van der Waals surface area contributed by atoms with E-state index in [0.29, 0.717) is 17.2 Å². The van der Waals surface area contributed by atoms with Crippen LogP contribution in [0.25, 0.3) is 0 Å². The number of nitrogens with one attached hydrogen (secondary N) is 1. The Bertz CT molecular complexity index is 398. The van der Waals surface area contributed by atoms with E-state index in [1.807, 2.05) is 19.1 Å². The number of rotatable bonds is 5. The molecule has 1 rings (SSSR count). The summed E-state index contributed by atoms with van der Waals surface area (Å²) in [5, 5.41) is 3.01. The van der Waals surface area contributed by atoms with E-state index in [4.69, 9.17) is 5.73 Å². The Balaban J connectivity index is 2.59. The highest BCUT2D eigenvalue weighted by atomic mass is 127. The third-order valence-corrected chi connectivity index (χ3v) is 3.36. The summed E-state index contributed by atoms with van der Waals surface area (Å²) in [5.74, 6) is 0.620. The van der Waals surface area contributed by atoms with Crippen LogP contribution in [0, 0.1) is 9.49 Å². The standard InChI is InChI=1S/C14H21IN2O/c1-9(2)4-5-10(3)17-14(18)11-6-12(15)8-13(16)7-11/h6-10H,4-5,16H2,1-3H3,(H,17,18). The van der Waals surface area contributed by atoms with Crippen LogP contribution in [0.5, 0.6) is 0 Å². The van der Waals surface area contributed by atoms with Gasteiger partial charge in [0.2, 0.25) is 0 Å². The van der Waals surface area contributed by atoms with Gasteiger partial charge in [0.25, 0.3) is 5.91 Å². The van der Waals surface area contributed by atoms with Crippen LogP contribution in [0.4, 0.5) is 5.69 Å². The van der Waals surface area contributed by atoms with Crippen molar-refractivity contribution in [2.24, 2.45) is 5.92 Å². The lowest BCUT2D eigenvalue weighted by Crippen LogP contribution is -2.32. The number of hydrogen-bond donors (Lipinski definition) is 2. The summed E-state index contributed by atoms with van der Waals surface area (Å²) in [6, 6.07) is 5.60. The van der Waals surface area contributed by atoms with E-state index < -0.39 is 0 Å². The van der Waals surface area contributed by atoms with Gasteiger partial charge < -0.3 is 11.1 Å². The zero-order valence-electron chi connectivity index (χ0n) is 11.2. The molecule has 0 fully saturated rings. The third kappa shape index (κ3) is 5.25. The first kappa shape index (κ1) is 15.3. The normalized spacial score (nSPS) is 12.5. The Kier molecular flexibility index (Phi) is 5.91. The second-order valence-electron chi connectivity index (χ2n) is 5.12. The fourth-order valence-electron chi connectivity index (χ4n) is 1.71. The molecule has 0 saturated carbocycles. The maximum Gasteiger partial charge on any atom is 0.251 e. The van der Waals surface area contributed by atoms with Crippen molar-refractivity contribution in [2.75, 3.05) is 5.73 Å². The van der Waals surface area contributed by atoms with Gasteiger partial charge in [-0.3, -0.25) is 4.79 Å². The second kappa shape index (κ2) is 6.97. The molecule has 0 radical (unpaired) electrons. The SMILES string of the molecule is CC(C)CCC(C)NC(=O)c1cc(N)cc(I)c1. The maximum atomic E-state index is 12.0. The Hall–Kier alpha value is -0.780. The van der Waals surface area contributed by atoms with Crippen LogP contribution >= 0.6 is 22.6 Å². The molecule has 4 heteroatoms. The predicted octanol–water partition coefficient (Wildman–Crippen LogP) is 3.43. The number of carbonyl (C=O) groups is 1. The number of carbonyl (C=O) groups excluding carboxylic acids is 1. The monoisotopic (exact) mass is 360 g/mol. The van der Waals surface area contributed by atoms with Crippen molar-refractivity contribution < 1.29 is 4.79 Å². The zero-order chi connectivity index (χ0) is 13.7. The van der Waals surface area contributed by atoms with Crippen molar-refractivity contribution in [1.29, 1.82) is 0 Å². The van der Waals surface area contributed by atoms with Crippen LogP contribution in [-0.4, -0.2) is 11.9 Å². The van der Waals surface area contributed by atoms with Crippen LogP contribution in [0.15, 0.2) is 18.2 Å². The summed E-state index contributed by atoms with van der Waals surface area (Å²) >= 11 is 2.16. The first-order valence-corrected chi connectivity index (χ1v) is 7.33. The van der Waals surface area contributed by atoms with E-state index in [1.165, 1.54) is 0 Å². The smallest absolute Gasteiger partial charge is 0.251 e. The van der Waals surface area contributed by atoms with Crippen molar-refractivity contribution in [1.82, 2.24) is 5.32 Å². The van der Waals surface area contributed by atoms with Gasteiger partial charge in [0.15, 0.2) is 0 Å². The lowest BCUT2D eigenvalue weighted by atomic mass is 10.0. The molecule has 1 aromatic rings. The van der Waals surface area contributed by atoms with E-state index in [9.17, 15) is 4.79 Å². The molecule has 3 N–H and O–H groups in total. The molecule has 18 heavy (non-hydrogen) atoms. The summed E-state index contributed by atoms with van der Waals surface area (Å²) in [6.45, 7) is 6.42. The van der Waals surface area contributed by atoms with Gasteiger partial charge in [-0.05, 0) is 66.5 Å². The Morgan fingerprint density at radius 3 is 2.50 bits per heavy atom. The lowest BCUT2D eigenvalue weighted by Gasteiger charge is -2.15. The van der Waals surface area contributed by atoms with E-state index in [1.54, 1.807) is 6.07 Å². The van der Waals surface area contributed by atoms with Gasteiger partial charge in [-0.2, -0.15) is 0 Å². The molecule has 0 aliphatic rings. The molecule has 1 amide bonds. The average Bonchev–Trinajstić information content (AvgIpc) is 2.25. The second-order valence-corrected chi connectivity index (χ2v) is 6.36. The summed E-state index contributed by atoms with van der Waals surface area (Å²) in [7, 11) is 0. The van der Waals surface area contributed by atoms with Crippen LogP contribution in [0.1, 0.15) is 44.0 Å². The zero-order valence-corrected chi connectivity index (χ0v) is 13.3. The maximum absolute atomic E-state index is 12.0. The predicted molar refractivity (Wildman–Crippen MR) is 84.6 cm³/mol. The Morgan fingerprint density at radius 1 is 1.28 bits per heavy atom. The highest BCUT2D eigenvalue weighted by molar-refractivity contribution is 14.1. The van der Waals surface area contributed by atoms with Gasteiger partial charge in [0.1, 0.15) is 0 Å². The first-order chi connectivity index (χ1) is 8.38. The quantitative estimate of drug-likeness (QED) is 0.625. The Labute approximate surface area is 123 Å². The van der Waals surface area contributed by atoms with Crippen molar-refractivity contribution in [3.63, 3.8) is 0 Å². The van der Waals surface area contributed by atoms with Crippen LogP contribution in [0.3, 0.4) is 0 Å². The number of nitrogens with two attached hydrogens (primary N) is 1. The number of benzene rings is 1. The summed E-state index contributed by atoms with van der Waals surface area (Å²) in [6.07, 6.45) is 2.12. The van der Waals surface area contributed by atoms with Gasteiger partial charge in [-0.1, -0.05) is 13.8 Å². The van der Waals surface area contributed by atoms with Crippen LogP contribution in [0.2, 0.25) is 0 Å². The molecule has 1 aromatic carbocycles. The molecule has 0 aromatic heterocycles. The number of nitrogen functional groups attached to an aromatic ring is 1. The highest BCUT2D eigenvalue weighted by Crippen LogP contribution is 2.14. The van der Waals surface area contributed by atoms with Gasteiger partial charge >= 0.3 is 0 Å². The van der Waals surface area contributed by atoms with Crippen molar-refractivity contribution in [3.8, 4) is 0 Å². The molecule has 0 bridgehead atoms. The highest BCUT2D eigenvalue weighted by Gasteiger charge is 2.11. The molecular weight excluding hydrogens is 339 g/mol. The van der Waals surface area contributed by atoms with E-state index >= 15 is 0 Å². The summed E-state index contributed by atoms with van der Waals surface area (Å²) in [5.41, 5.74) is 7.00. The lowest BCUT2D eigenvalue weighted by molar-refractivity contribution is 0.0937. The van der Waals surface area contributed by atoms with Crippen molar-refractivity contribution >= 4 is 34.2 Å². The molecule has 0 aliphatic carbocycles. The van der Waals surface area contributed by atoms with Crippen LogP contribution < -0.4 is 11.1 Å². The van der Waals surface area contributed by atoms with Crippen molar-refractivity contribution in [3.05, 3.63) is 27.3 Å². The van der Waals surface area contributed by atoms with E-state index in [0.717, 1.165) is 16.4 Å². The number of anilines is 1. The number of amides is 1. The molecular formula is C14H21IN2O. The number of hydrogen-bond acceptors (Lipinski definition) is 2. The van der Waals surface area contributed by atoms with Gasteiger partial charge in [0, 0.05) is 20.9 Å². The molecule has 3 nitrogen and oxygen atoms in total. The molecule has 0 heterocycles. The van der Waals surface area contributed by atoms with Gasteiger partial charge in [0.05, 0.1) is 0 Å². The minimum atomic E-state index is -0.0449. The van der Waals surface area contributed by atoms with E-state index in [-0.39, 0.29) is 11.9 Å².